The fraction of sp³-hybridized carbons (Fsp3) is 0.857. The van der Waals surface area contributed by atoms with E-state index in [0.29, 0.717) is 19.4 Å². The summed E-state index contributed by atoms with van der Waals surface area (Å²) < 4.78 is 4.85. The maximum atomic E-state index is 11.2. The van der Waals surface area contributed by atoms with E-state index in [2.05, 4.69) is 0 Å². The average Bonchev–Trinajstić information content (AvgIpc) is 2.65. The summed E-state index contributed by atoms with van der Waals surface area (Å²) in [7, 11) is 0. The third-order valence-electron chi connectivity index (χ3n) is 3.55. The predicted molar refractivity (Wildman–Crippen MR) is 68.1 cm³/mol. The summed E-state index contributed by atoms with van der Waals surface area (Å²) in [5.74, 6) is 0.0548. The molecule has 0 aliphatic heterocycles. The van der Waals surface area contributed by atoms with Gasteiger partial charge in [0, 0.05) is 12.8 Å². The van der Waals surface area contributed by atoms with Crippen molar-refractivity contribution in [3.05, 3.63) is 0 Å². The second-order valence-corrected chi connectivity index (χ2v) is 4.97. The fourth-order valence-corrected chi connectivity index (χ4v) is 2.46. The van der Waals surface area contributed by atoms with Gasteiger partial charge in [0.25, 0.3) is 0 Å². The van der Waals surface area contributed by atoms with Crippen LogP contribution in [0.5, 0.6) is 0 Å². The molecule has 0 aromatic heterocycles. The second-order valence-electron chi connectivity index (χ2n) is 4.97. The van der Waals surface area contributed by atoms with Crippen molar-refractivity contribution in [3.63, 3.8) is 0 Å². The number of carbonyl (C=O) groups is 2. The zero-order valence-electron chi connectivity index (χ0n) is 11.2. The zero-order valence-corrected chi connectivity index (χ0v) is 11.2. The average molecular weight is 256 g/mol. The lowest BCUT2D eigenvalue weighted by Crippen LogP contribution is -2.20. The molecule has 2 unspecified atom stereocenters. The van der Waals surface area contributed by atoms with Crippen LogP contribution in [0, 0.1) is 5.92 Å². The summed E-state index contributed by atoms with van der Waals surface area (Å²) >= 11 is 0. The summed E-state index contributed by atoms with van der Waals surface area (Å²) in [6, 6.07) is 0. The molecule has 0 amide bonds. The number of unbranched alkanes of at least 4 members (excludes halogenated alkanes) is 3. The van der Waals surface area contributed by atoms with Gasteiger partial charge in [-0.15, -0.1) is 0 Å². The minimum Gasteiger partial charge on any atom is -0.466 e. The zero-order chi connectivity index (χ0) is 13.4. The first kappa shape index (κ1) is 15.2. The van der Waals surface area contributed by atoms with Crippen LogP contribution in [0.3, 0.4) is 0 Å². The van der Waals surface area contributed by atoms with Gasteiger partial charge in [-0.1, -0.05) is 19.3 Å². The van der Waals surface area contributed by atoms with Crippen molar-refractivity contribution in [2.75, 3.05) is 6.61 Å². The van der Waals surface area contributed by atoms with Crippen LogP contribution in [-0.2, 0) is 14.3 Å². The van der Waals surface area contributed by atoms with Crippen LogP contribution in [0.2, 0.25) is 0 Å². The van der Waals surface area contributed by atoms with Gasteiger partial charge in [0.05, 0.1) is 6.61 Å². The van der Waals surface area contributed by atoms with E-state index in [1.165, 1.54) is 0 Å². The van der Waals surface area contributed by atoms with Crippen molar-refractivity contribution >= 4 is 11.8 Å². The summed E-state index contributed by atoms with van der Waals surface area (Å²) in [5.41, 5.74) is 0. The first-order valence-electron chi connectivity index (χ1n) is 7.01. The SMILES string of the molecule is CCOC(=O)CCCCCCC1CCC(=O)C1O. The highest BCUT2D eigenvalue weighted by Gasteiger charge is 2.31. The summed E-state index contributed by atoms with van der Waals surface area (Å²) in [5, 5.41) is 9.58. The van der Waals surface area contributed by atoms with Gasteiger partial charge in [-0.3, -0.25) is 9.59 Å². The van der Waals surface area contributed by atoms with E-state index in [1.54, 1.807) is 0 Å². The molecule has 0 aromatic rings. The Bertz CT molecular complexity index is 275. The molecule has 1 saturated carbocycles. The summed E-state index contributed by atoms with van der Waals surface area (Å²) in [4.78, 5) is 22.2. The van der Waals surface area contributed by atoms with E-state index < -0.39 is 6.10 Å². The molecular formula is C14H24O4. The first-order chi connectivity index (χ1) is 8.65. The Morgan fingerprint density at radius 2 is 2.06 bits per heavy atom. The lowest BCUT2D eigenvalue weighted by Gasteiger charge is -2.12. The van der Waals surface area contributed by atoms with Gasteiger partial charge in [0.15, 0.2) is 5.78 Å². The maximum Gasteiger partial charge on any atom is 0.305 e. The van der Waals surface area contributed by atoms with Gasteiger partial charge in [0.2, 0.25) is 0 Å². The number of Topliss-reactive ketones (excluding diaryl/α,β-unsaturated/α-hetero) is 1. The molecule has 1 aliphatic rings. The Morgan fingerprint density at radius 1 is 1.33 bits per heavy atom. The molecule has 0 aromatic carbocycles. The van der Waals surface area contributed by atoms with E-state index in [0.717, 1.165) is 38.5 Å². The molecule has 0 heterocycles. The number of aliphatic hydroxyl groups excluding tert-OH is 1. The standard InChI is InChI=1S/C14H24O4/c1-2-18-13(16)8-6-4-3-5-7-11-9-10-12(15)14(11)17/h11,14,17H,2-10H2,1H3. The highest BCUT2D eigenvalue weighted by Crippen LogP contribution is 2.27. The van der Waals surface area contributed by atoms with Gasteiger partial charge in [-0.25, -0.2) is 0 Å². The fourth-order valence-electron chi connectivity index (χ4n) is 2.46. The largest absolute Gasteiger partial charge is 0.466 e. The third kappa shape index (κ3) is 5.17. The Morgan fingerprint density at radius 3 is 2.67 bits per heavy atom. The van der Waals surface area contributed by atoms with Crippen LogP contribution in [0.1, 0.15) is 58.3 Å². The number of hydrogen-bond acceptors (Lipinski definition) is 4. The Labute approximate surface area is 109 Å². The molecular weight excluding hydrogens is 232 g/mol. The van der Waals surface area contributed by atoms with Gasteiger partial charge in [-0.05, 0) is 32.1 Å². The summed E-state index contributed by atoms with van der Waals surface area (Å²) in [6.45, 7) is 2.26. The van der Waals surface area contributed by atoms with Gasteiger partial charge < -0.3 is 9.84 Å². The molecule has 18 heavy (non-hydrogen) atoms. The number of ketones is 1. The van der Waals surface area contributed by atoms with Crippen molar-refractivity contribution in [2.24, 2.45) is 5.92 Å². The smallest absolute Gasteiger partial charge is 0.305 e. The van der Waals surface area contributed by atoms with Gasteiger partial charge in [0.1, 0.15) is 6.10 Å². The normalized spacial score (nSPS) is 23.3. The van der Waals surface area contributed by atoms with Crippen molar-refractivity contribution < 1.29 is 19.4 Å². The monoisotopic (exact) mass is 256 g/mol. The van der Waals surface area contributed by atoms with Gasteiger partial charge in [-0.2, -0.15) is 0 Å². The van der Waals surface area contributed by atoms with E-state index in [4.69, 9.17) is 4.74 Å². The highest BCUT2D eigenvalue weighted by atomic mass is 16.5. The Hall–Kier alpha value is -0.900. The number of carbonyl (C=O) groups excluding carboxylic acids is 2. The van der Waals surface area contributed by atoms with Crippen LogP contribution < -0.4 is 0 Å². The minimum absolute atomic E-state index is 0.00214. The molecule has 4 heteroatoms. The predicted octanol–water partition coefficient (Wildman–Crippen LogP) is 2.23. The van der Waals surface area contributed by atoms with Crippen molar-refractivity contribution in [1.82, 2.24) is 0 Å². The molecule has 0 radical (unpaired) electrons. The van der Waals surface area contributed by atoms with Gasteiger partial charge >= 0.3 is 5.97 Å². The van der Waals surface area contributed by atoms with E-state index in [9.17, 15) is 14.7 Å². The molecule has 4 nitrogen and oxygen atoms in total. The van der Waals surface area contributed by atoms with Crippen molar-refractivity contribution in [3.8, 4) is 0 Å². The number of aliphatic hydroxyl groups is 1. The van der Waals surface area contributed by atoms with Crippen LogP contribution in [0.15, 0.2) is 0 Å². The molecule has 0 bridgehead atoms. The third-order valence-corrected chi connectivity index (χ3v) is 3.55. The molecule has 1 rings (SSSR count). The number of ether oxygens (including phenoxy) is 1. The van der Waals surface area contributed by atoms with E-state index >= 15 is 0 Å². The molecule has 104 valence electrons. The van der Waals surface area contributed by atoms with Crippen LogP contribution in [0.25, 0.3) is 0 Å². The number of rotatable bonds is 8. The lowest BCUT2D eigenvalue weighted by molar-refractivity contribution is -0.143. The van der Waals surface area contributed by atoms with Crippen LogP contribution in [-0.4, -0.2) is 29.6 Å². The number of hydrogen-bond donors (Lipinski definition) is 1. The van der Waals surface area contributed by atoms with E-state index in [-0.39, 0.29) is 17.7 Å². The van der Waals surface area contributed by atoms with Crippen molar-refractivity contribution in [2.45, 2.75) is 64.4 Å². The topological polar surface area (TPSA) is 63.6 Å². The Balaban J connectivity index is 1.96. The quantitative estimate of drug-likeness (QED) is 0.534. The van der Waals surface area contributed by atoms with E-state index in [1.807, 2.05) is 6.92 Å². The molecule has 1 aliphatic carbocycles. The van der Waals surface area contributed by atoms with Crippen LogP contribution in [0.4, 0.5) is 0 Å². The number of esters is 1. The summed E-state index contributed by atoms with van der Waals surface area (Å²) in [6.07, 6.45) is 6.03. The molecule has 1 fully saturated rings. The van der Waals surface area contributed by atoms with Crippen LogP contribution >= 0.6 is 0 Å². The molecule has 1 N–H and O–H groups in total. The van der Waals surface area contributed by atoms with Crippen molar-refractivity contribution in [1.29, 1.82) is 0 Å². The maximum absolute atomic E-state index is 11.2. The molecule has 0 saturated heterocycles. The second kappa shape index (κ2) is 8.25. The minimum atomic E-state index is -0.718. The molecule has 0 spiro atoms. The lowest BCUT2D eigenvalue weighted by atomic mass is 9.97. The Kier molecular flexibility index (Phi) is 6.94. The first-order valence-corrected chi connectivity index (χ1v) is 7.01. The molecule has 2 atom stereocenters. The highest BCUT2D eigenvalue weighted by molar-refractivity contribution is 5.85.